The summed E-state index contributed by atoms with van der Waals surface area (Å²) in [5.41, 5.74) is 3.55. The van der Waals surface area contributed by atoms with Crippen molar-refractivity contribution in [2.45, 2.75) is 52.4 Å². The van der Waals surface area contributed by atoms with Crippen molar-refractivity contribution in [2.24, 2.45) is 0 Å². The van der Waals surface area contributed by atoms with Crippen LogP contribution in [0.5, 0.6) is 0 Å². The standard InChI is InChI=1S/C25H26N2O4/c1-24(2,3)15-9-14-10-16(23(30)31-20(14)17(12-15)25(4,5)6)21-26-18-8-7-13(22(28)29)11-19(18)27-21/h7-12H,1-6H3,(H,26,27)(H,28,29). The summed E-state index contributed by atoms with van der Waals surface area (Å²) < 4.78 is 5.82. The molecule has 0 unspecified atom stereocenters. The van der Waals surface area contributed by atoms with Crippen LogP contribution in [0, 0.1) is 0 Å². The first-order valence-electron chi connectivity index (χ1n) is 10.2. The Morgan fingerprint density at radius 3 is 2.32 bits per heavy atom. The molecule has 0 aliphatic heterocycles. The first-order valence-corrected chi connectivity index (χ1v) is 10.2. The fourth-order valence-corrected chi connectivity index (χ4v) is 3.66. The van der Waals surface area contributed by atoms with Gasteiger partial charge in [-0.05, 0) is 46.7 Å². The van der Waals surface area contributed by atoms with Gasteiger partial charge in [-0.2, -0.15) is 0 Å². The van der Waals surface area contributed by atoms with Crippen molar-refractivity contribution in [2.75, 3.05) is 0 Å². The van der Waals surface area contributed by atoms with Gasteiger partial charge in [0, 0.05) is 10.9 Å². The van der Waals surface area contributed by atoms with Gasteiger partial charge in [-0.15, -0.1) is 0 Å². The molecule has 0 fully saturated rings. The molecule has 4 rings (SSSR count). The second-order valence-electron chi connectivity index (χ2n) is 10.0. The maximum atomic E-state index is 12.9. The fourth-order valence-electron chi connectivity index (χ4n) is 3.66. The van der Waals surface area contributed by atoms with Gasteiger partial charge in [-0.3, -0.25) is 0 Å². The van der Waals surface area contributed by atoms with E-state index in [2.05, 4.69) is 63.6 Å². The minimum Gasteiger partial charge on any atom is -0.478 e. The third-order valence-corrected chi connectivity index (χ3v) is 5.49. The fraction of sp³-hybridized carbons (Fsp3) is 0.320. The molecule has 2 aromatic heterocycles. The van der Waals surface area contributed by atoms with Gasteiger partial charge in [-0.25, -0.2) is 14.6 Å². The first kappa shape index (κ1) is 20.8. The van der Waals surface area contributed by atoms with Gasteiger partial charge >= 0.3 is 11.6 Å². The van der Waals surface area contributed by atoms with Crippen LogP contribution in [0.2, 0.25) is 0 Å². The van der Waals surface area contributed by atoms with Crippen LogP contribution in [0.25, 0.3) is 33.4 Å². The van der Waals surface area contributed by atoms with Crippen LogP contribution in [-0.4, -0.2) is 21.0 Å². The molecular formula is C25H26N2O4. The molecule has 160 valence electrons. The van der Waals surface area contributed by atoms with Crippen LogP contribution in [0.3, 0.4) is 0 Å². The summed E-state index contributed by atoms with van der Waals surface area (Å²) in [6, 6.07) is 10.6. The highest BCUT2D eigenvalue weighted by molar-refractivity contribution is 5.93. The third kappa shape index (κ3) is 3.74. The predicted octanol–water partition coefficient (Wildman–Crippen LogP) is 5.63. The lowest BCUT2D eigenvalue weighted by atomic mass is 9.79. The summed E-state index contributed by atoms with van der Waals surface area (Å²) in [7, 11) is 0. The average molecular weight is 418 g/mol. The smallest absolute Gasteiger partial charge is 0.347 e. The maximum absolute atomic E-state index is 12.9. The molecule has 0 bridgehead atoms. The van der Waals surface area contributed by atoms with Crippen molar-refractivity contribution in [3.8, 4) is 11.4 Å². The molecule has 2 aromatic carbocycles. The largest absolute Gasteiger partial charge is 0.478 e. The highest BCUT2D eigenvalue weighted by atomic mass is 16.4. The molecule has 6 nitrogen and oxygen atoms in total. The second-order valence-corrected chi connectivity index (χ2v) is 10.0. The monoisotopic (exact) mass is 418 g/mol. The Bertz CT molecular complexity index is 1400. The van der Waals surface area contributed by atoms with Gasteiger partial charge in [0.05, 0.1) is 16.6 Å². The molecule has 2 N–H and O–H groups in total. The van der Waals surface area contributed by atoms with E-state index in [4.69, 9.17) is 4.42 Å². The Balaban J connectivity index is 1.98. The number of nitrogens with zero attached hydrogens (tertiary/aromatic N) is 1. The lowest BCUT2D eigenvalue weighted by molar-refractivity contribution is 0.0697. The number of hydrogen-bond acceptors (Lipinski definition) is 4. The number of aromatic carboxylic acids is 1. The van der Waals surface area contributed by atoms with Crippen molar-refractivity contribution in [3.05, 3.63) is 63.5 Å². The van der Waals surface area contributed by atoms with E-state index in [0.717, 1.165) is 16.5 Å². The van der Waals surface area contributed by atoms with E-state index in [0.29, 0.717) is 28.0 Å². The van der Waals surface area contributed by atoms with Crippen LogP contribution < -0.4 is 5.63 Å². The highest BCUT2D eigenvalue weighted by Gasteiger charge is 2.25. The number of carbonyl (C=O) groups is 1. The molecule has 0 saturated heterocycles. The molecule has 0 aliphatic rings. The number of H-pyrrole nitrogens is 1. The van der Waals surface area contributed by atoms with E-state index >= 15 is 0 Å². The number of carboxylic acids is 1. The van der Waals surface area contributed by atoms with Gasteiger partial charge in [0.15, 0.2) is 0 Å². The number of fused-ring (bicyclic) bond motifs is 2. The van der Waals surface area contributed by atoms with Crippen LogP contribution in [0.15, 0.2) is 45.6 Å². The SMILES string of the molecule is CC(C)(C)c1cc(C(C)(C)C)c2oc(=O)c(-c3nc4ccc(C(=O)O)cc4[nH]3)cc2c1. The molecule has 0 aliphatic carbocycles. The van der Waals surface area contributed by atoms with Crippen molar-refractivity contribution >= 4 is 28.0 Å². The molecule has 0 spiro atoms. The van der Waals surface area contributed by atoms with E-state index in [1.54, 1.807) is 6.07 Å². The molecule has 0 amide bonds. The van der Waals surface area contributed by atoms with Gasteiger partial charge < -0.3 is 14.5 Å². The molecule has 6 heteroatoms. The number of benzene rings is 2. The normalized spacial score (nSPS) is 12.6. The highest BCUT2D eigenvalue weighted by Crippen LogP contribution is 2.35. The lowest BCUT2D eigenvalue weighted by Crippen LogP contribution is -2.18. The summed E-state index contributed by atoms with van der Waals surface area (Å²) in [5, 5.41) is 10.0. The zero-order chi connectivity index (χ0) is 22.7. The topological polar surface area (TPSA) is 96.2 Å². The third-order valence-electron chi connectivity index (χ3n) is 5.49. The Morgan fingerprint density at radius 2 is 1.71 bits per heavy atom. The molecule has 0 saturated carbocycles. The predicted molar refractivity (Wildman–Crippen MR) is 122 cm³/mol. The minimum atomic E-state index is -1.02. The van der Waals surface area contributed by atoms with Crippen LogP contribution in [0.1, 0.15) is 63.0 Å². The lowest BCUT2D eigenvalue weighted by Gasteiger charge is -2.26. The quantitative estimate of drug-likeness (QED) is 0.411. The van der Waals surface area contributed by atoms with Crippen molar-refractivity contribution in [1.29, 1.82) is 0 Å². The van der Waals surface area contributed by atoms with Gasteiger partial charge in [0.2, 0.25) is 0 Å². The van der Waals surface area contributed by atoms with Crippen LogP contribution in [0.4, 0.5) is 0 Å². The molecule has 31 heavy (non-hydrogen) atoms. The number of hydrogen-bond donors (Lipinski definition) is 2. The van der Waals surface area contributed by atoms with Crippen LogP contribution >= 0.6 is 0 Å². The maximum Gasteiger partial charge on any atom is 0.347 e. The molecule has 4 aromatic rings. The van der Waals surface area contributed by atoms with Gasteiger partial charge in [0.25, 0.3) is 0 Å². The number of aromatic amines is 1. The summed E-state index contributed by atoms with van der Waals surface area (Å²) in [6.45, 7) is 12.8. The van der Waals surface area contributed by atoms with E-state index in [9.17, 15) is 14.7 Å². The van der Waals surface area contributed by atoms with E-state index in [1.807, 2.05) is 6.07 Å². The van der Waals surface area contributed by atoms with Crippen molar-refractivity contribution in [1.82, 2.24) is 9.97 Å². The second kappa shape index (κ2) is 6.80. The number of nitrogens with one attached hydrogen (secondary N) is 1. The van der Waals surface area contributed by atoms with Crippen LogP contribution in [-0.2, 0) is 10.8 Å². The van der Waals surface area contributed by atoms with E-state index in [-0.39, 0.29) is 16.4 Å². The van der Waals surface area contributed by atoms with E-state index in [1.165, 1.54) is 12.1 Å². The molecular weight excluding hydrogens is 392 g/mol. The minimum absolute atomic E-state index is 0.0723. The van der Waals surface area contributed by atoms with Gasteiger partial charge in [-0.1, -0.05) is 47.6 Å². The molecule has 2 heterocycles. The average Bonchev–Trinajstić information content (AvgIpc) is 3.08. The number of imidazole rings is 1. The Kier molecular flexibility index (Phi) is 4.58. The Labute approximate surface area is 179 Å². The summed E-state index contributed by atoms with van der Waals surface area (Å²) >= 11 is 0. The summed E-state index contributed by atoms with van der Waals surface area (Å²) in [6.07, 6.45) is 0. The Morgan fingerprint density at radius 1 is 1.00 bits per heavy atom. The van der Waals surface area contributed by atoms with Crippen molar-refractivity contribution in [3.63, 3.8) is 0 Å². The summed E-state index contributed by atoms with van der Waals surface area (Å²) in [4.78, 5) is 31.7. The van der Waals surface area contributed by atoms with Gasteiger partial charge in [0.1, 0.15) is 17.0 Å². The van der Waals surface area contributed by atoms with Crippen molar-refractivity contribution < 1.29 is 14.3 Å². The first-order chi connectivity index (χ1) is 14.3. The van der Waals surface area contributed by atoms with E-state index < -0.39 is 11.6 Å². The number of rotatable bonds is 2. The number of carboxylic acid groups (broad SMARTS) is 1. The molecule has 0 radical (unpaired) electrons. The zero-order valence-electron chi connectivity index (χ0n) is 18.6. The Hall–Kier alpha value is -3.41. The molecule has 0 atom stereocenters. The number of aromatic nitrogens is 2. The summed E-state index contributed by atoms with van der Waals surface area (Å²) in [5.74, 6) is -0.667. The zero-order valence-corrected chi connectivity index (χ0v) is 18.6.